The topological polar surface area (TPSA) is 72.2 Å². The Kier molecular flexibility index (Phi) is 6.64. The first-order valence-corrected chi connectivity index (χ1v) is 11.7. The molecule has 1 aliphatic rings. The predicted octanol–water partition coefficient (Wildman–Crippen LogP) is 5.02. The van der Waals surface area contributed by atoms with Gasteiger partial charge in [0.1, 0.15) is 0 Å². The van der Waals surface area contributed by atoms with Gasteiger partial charge < -0.3 is 5.32 Å². The molecule has 182 valence electrons. The van der Waals surface area contributed by atoms with Crippen molar-refractivity contribution in [3.8, 4) is 0 Å². The Morgan fingerprint density at radius 2 is 1.85 bits per heavy atom. The maximum absolute atomic E-state index is 13.0. The first kappa shape index (κ1) is 24.2. The molecule has 2 heterocycles. The van der Waals surface area contributed by atoms with Crippen LogP contribution in [-0.4, -0.2) is 32.0 Å². The highest BCUT2D eigenvalue weighted by atomic mass is 19.4. The van der Waals surface area contributed by atoms with Gasteiger partial charge in [-0.2, -0.15) is 18.2 Å². The summed E-state index contributed by atoms with van der Waals surface area (Å²) in [7, 11) is 0. The van der Waals surface area contributed by atoms with Crippen molar-refractivity contribution in [2.75, 3.05) is 6.54 Å². The number of rotatable bonds is 6. The molecule has 34 heavy (non-hydrogen) atoms. The number of aromatic nitrogens is 4. The molecule has 0 aliphatic heterocycles. The van der Waals surface area contributed by atoms with Crippen molar-refractivity contribution in [3.63, 3.8) is 0 Å². The van der Waals surface area contributed by atoms with E-state index in [0.29, 0.717) is 29.9 Å². The molecule has 0 unspecified atom stereocenters. The van der Waals surface area contributed by atoms with Crippen molar-refractivity contribution in [1.29, 1.82) is 0 Å². The van der Waals surface area contributed by atoms with Crippen LogP contribution in [-0.2, 0) is 22.8 Å². The van der Waals surface area contributed by atoms with Gasteiger partial charge in [-0.15, -0.1) is 5.10 Å². The van der Waals surface area contributed by atoms with Crippen molar-refractivity contribution in [2.24, 2.45) is 0 Å². The van der Waals surface area contributed by atoms with Gasteiger partial charge in [-0.25, -0.2) is 9.50 Å². The highest BCUT2D eigenvalue weighted by Gasteiger charge is 2.37. The summed E-state index contributed by atoms with van der Waals surface area (Å²) in [6, 6.07) is 8.54. The number of halogens is 3. The van der Waals surface area contributed by atoms with Gasteiger partial charge in [0.2, 0.25) is 5.91 Å². The summed E-state index contributed by atoms with van der Waals surface area (Å²) in [5, 5.41) is 6.72. The minimum Gasteiger partial charge on any atom is -0.355 e. The van der Waals surface area contributed by atoms with Crippen molar-refractivity contribution in [2.45, 2.75) is 77.3 Å². The molecule has 3 aromatic rings. The quantitative estimate of drug-likeness (QED) is 0.546. The van der Waals surface area contributed by atoms with Crippen LogP contribution in [0.3, 0.4) is 0 Å². The van der Waals surface area contributed by atoms with Gasteiger partial charge in [-0.3, -0.25) is 4.79 Å². The third-order valence-electron chi connectivity index (χ3n) is 6.97. The van der Waals surface area contributed by atoms with Crippen molar-refractivity contribution >= 4 is 11.7 Å². The molecular weight excluding hydrogens is 443 g/mol. The lowest BCUT2D eigenvalue weighted by Crippen LogP contribution is -2.42. The third-order valence-corrected chi connectivity index (χ3v) is 6.97. The average Bonchev–Trinajstić information content (AvgIpc) is 3.23. The number of nitrogens with zero attached hydrogens (tertiary/aromatic N) is 4. The van der Waals surface area contributed by atoms with Crippen molar-refractivity contribution in [3.05, 3.63) is 58.2 Å². The van der Waals surface area contributed by atoms with Gasteiger partial charge in [0.05, 0.1) is 0 Å². The lowest BCUT2D eigenvalue weighted by Gasteiger charge is -2.38. The van der Waals surface area contributed by atoms with Crippen LogP contribution in [0.25, 0.3) is 5.78 Å². The summed E-state index contributed by atoms with van der Waals surface area (Å²) in [6.07, 6.45) is 1.54. The van der Waals surface area contributed by atoms with Crippen LogP contribution in [0, 0.1) is 20.8 Å². The molecule has 1 fully saturated rings. The van der Waals surface area contributed by atoms with Gasteiger partial charge in [-0.1, -0.05) is 49.1 Å². The molecule has 1 aromatic carbocycles. The summed E-state index contributed by atoms with van der Waals surface area (Å²) in [6.45, 7) is 6.07. The zero-order valence-corrected chi connectivity index (χ0v) is 19.8. The van der Waals surface area contributed by atoms with Gasteiger partial charge in [-0.05, 0) is 51.2 Å². The Labute approximate surface area is 197 Å². The van der Waals surface area contributed by atoms with Gasteiger partial charge in [0.25, 0.3) is 11.6 Å². The number of fused-ring (bicyclic) bond motifs is 1. The Balaban J connectivity index is 1.46. The van der Waals surface area contributed by atoms with Gasteiger partial charge in [0, 0.05) is 29.8 Å². The minimum atomic E-state index is -4.64. The first-order valence-electron chi connectivity index (χ1n) is 11.7. The van der Waals surface area contributed by atoms with E-state index in [0.717, 1.165) is 30.2 Å². The molecule has 1 aliphatic carbocycles. The molecule has 0 radical (unpaired) electrons. The van der Waals surface area contributed by atoms with E-state index in [1.54, 1.807) is 13.8 Å². The van der Waals surface area contributed by atoms with Crippen LogP contribution in [0.15, 0.2) is 24.3 Å². The van der Waals surface area contributed by atoms with Crippen LogP contribution >= 0.6 is 0 Å². The molecule has 0 atom stereocenters. The number of hydrogen-bond donors (Lipinski definition) is 1. The summed E-state index contributed by atoms with van der Waals surface area (Å²) < 4.78 is 40.1. The van der Waals surface area contributed by atoms with E-state index >= 15 is 0 Å². The van der Waals surface area contributed by atoms with Crippen LogP contribution in [0.4, 0.5) is 13.2 Å². The van der Waals surface area contributed by atoms with E-state index < -0.39 is 12.0 Å². The maximum atomic E-state index is 13.0. The zero-order valence-electron chi connectivity index (χ0n) is 19.8. The molecule has 0 saturated heterocycles. The number of carbonyl (C=O) groups excluding carboxylic acids is 1. The molecule has 1 saturated carbocycles. The molecule has 2 aromatic heterocycles. The molecule has 9 heteroatoms. The SMILES string of the molecule is Cc1cccc(C2(CNC(=O)CCc3c(C)nc4nc(C(F)(F)F)nn4c3C)CCCCC2)c1. The predicted molar refractivity (Wildman–Crippen MR) is 123 cm³/mol. The average molecular weight is 474 g/mol. The van der Waals surface area contributed by atoms with Crippen LogP contribution < -0.4 is 5.32 Å². The summed E-state index contributed by atoms with van der Waals surface area (Å²) in [5.74, 6) is -1.38. The monoisotopic (exact) mass is 473 g/mol. The number of amides is 1. The number of benzene rings is 1. The minimum absolute atomic E-state index is 0.0546. The Hall–Kier alpha value is -2.97. The molecule has 1 N–H and O–H groups in total. The Bertz CT molecular complexity index is 1200. The zero-order chi connectivity index (χ0) is 24.5. The molecular formula is C25H30F3N5O. The normalized spacial score (nSPS) is 16.1. The van der Waals surface area contributed by atoms with E-state index in [1.165, 1.54) is 17.5 Å². The number of hydrogen-bond acceptors (Lipinski definition) is 4. The van der Waals surface area contributed by atoms with E-state index in [2.05, 4.69) is 51.6 Å². The molecule has 1 amide bonds. The van der Waals surface area contributed by atoms with Crippen molar-refractivity contribution in [1.82, 2.24) is 24.9 Å². The number of alkyl halides is 3. The highest BCUT2D eigenvalue weighted by Crippen LogP contribution is 2.39. The largest absolute Gasteiger partial charge is 0.453 e. The Morgan fingerprint density at radius 3 is 2.53 bits per heavy atom. The lowest BCUT2D eigenvalue weighted by atomic mass is 9.69. The second kappa shape index (κ2) is 9.35. The van der Waals surface area contributed by atoms with Crippen LogP contribution in [0.5, 0.6) is 0 Å². The highest BCUT2D eigenvalue weighted by molar-refractivity contribution is 5.76. The summed E-state index contributed by atoms with van der Waals surface area (Å²) in [4.78, 5) is 20.5. The maximum Gasteiger partial charge on any atom is 0.453 e. The van der Waals surface area contributed by atoms with Gasteiger partial charge >= 0.3 is 6.18 Å². The number of nitrogens with one attached hydrogen (secondary N) is 1. The van der Waals surface area contributed by atoms with E-state index in [1.807, 2.05) is 0 Å². The fourth-order valence-corrected chi connectivity index (χ4v) is 5.06. The van der Waals surface area contributed by atoms with Crippen LogP contribution in [0.1, 0.15) is 72.4 Å². The van der Waals surface area contributed by atoms with Gasteiger partial charge in [0.15, 0.2) is 0 Å². The lowest BCUT2D eigenvalue weighted by molar-refractivity contribution is -0.144. The molecule has 0 bridgehead atoms. The fourth-order valence-electron chi connectivity index (χ4n) is 5.06. The molecule has 0 spiro atoms. The molecule has 6 nitrogen and oxygen atoms in total. The number of aryl methyl sites for hydroxylation is 3. The van der Waals surface area contributed by atoms with E-state index in [9.17, 15) is 18.0 Å². The van der Waals surface area contributed by atoms with E-state index in [4.69, 9.17) is 0 Å². The standard InChI is InChI=1S/C25H30F3N5O/c1-16-8-7-9-19(14-16)24(12-5-4-6-13-24)15-29-21(34)11-10-20-17(2)30-23-31-22(25(26,27)28)32-33(23)18(20)3/h7-9,14H,4-6,10-13,15H2,1-3H3,(H,29,34). The first-order chi connectivity index (χ1) is 16.1. The smallest absolute Gasteiger partial charge is 0.355 e. The van der Waals surface area contributed by atoms with Crippen LogP contribution in [0.2, 0.25) is 0 Å². The second-order valence-electron chi connectivity index (χ2n) is 9.39. The number of carbonyl (C=O) groups is 1. The summed E-state index contributed by atoms with van der Waals surface area (Å²) >= 11 is 0. The Morgan fingerprint density at radius 1 is 1.12 bits per heavy atom. The third kappa shape index (κ3) is 4.93. The summed E-state index contributed by atoms with van der Waals surface area (Å²) in [5.41, 5.74) is 4.22. The van der Waals surface area contributed by atoms with Crippen molar-refractivity contribution < 1.29 is 18.0 Å². The fraction of sp³-hybridized carbons (Fsp3) is 0.520. The molecule has 4 rings (SSSR count). The van der Waals surface area contributed by atoms with E-state index in [-0.39, 0.29) is 23.5 Å². The second-order valence-corrected chi connectivity index (χ2v) is 9.39.